The first-order chi connectivity index (χ1) is 13.1. The van der Waals surface area contributed by atoms with Crippen molar-refractivity contribution in [3.63, 3.8) is 0 Å². The third-order valence-electron chi connectivity index (χ3n) is 4.86. The van der Waals surface area contributed by atoms with Gasteiger partial charge in [-0.05, 0) is 73.9 Å². The Bertz CT molecular complexity index is 609. The number of ether oxygens (including phenoxy) is 1. The Morgan fingerprint density at radius 2 is 1.07 bits per heavy atom. The quantitative estimate of drug-likeness (QED) is 0.480. The number of unbranched alkanes of at least 4 members (excludes halogenated alkanes) is 2. The molecule has 0 radical (unpaired) electrons. The molecule has 148 valence electrons. The van der Waals surface area contributed by atoms with Crippen molar-refractivity contribution in [2.45, 2.75) is 38.5 Å². The first kappa shape index (κ1) is 21.3. The van der Waals surface area contributed by atoms with E-state index in [1.54, 1.807) is 0 Å². The minimum atomic E-state index is 0.878. The first-order valence-electron chi connectivity index (χ1n) is 10.2. The molecule has 0 saturated heterocycles. The number of hydrogen-bond acceptors (Lipinski definition) is 3. The van der Waals surface area contributed by atoms with Gasteiger partial charge in [-0.15, -0.1) is 0 Å². The Balaban J connectivity index is 1.51. The largest absolute Gasteiger partial charge is 0.381 e. The molecule has 0 aliphatic heterocycles. The molecule has 0 saturated carbocycles. The van der Waals surface area contributed by atoms with Gasteiger partial charge in [-0.25, -0.2) is 0 Å². The van der Waals surface area contributed by atoms with Gasteiger partial charge in [-0.1, -0.05) is 24.3 Å². The zero-order valence-corrected chi connectivity index (χ0v) is 17.6. The molecule has 2 aromatic rings. The van der Waals surface area contributed by atoms with Crippen molar-refractivity contribution in [1.29, 1.82) is 0 Å². The maximum atomic E-state index is 5.82. The van der Waals surface area contributed by atoms with Gasteiger partial charge >= 0.3 is 0 Å². The van der Waals surface area contributed by atoms with Gasteiger partial charge in [0.25, 0.3) is 0 Å². The number of hydrogen-bond donors (Lipinski definition) is 0. The minimum absolute atomic E-state index is 0.878. The van der Waals surface area contributed by atoms with Crippen LogP contribution in [-0.2, 0) is 17.6 Å². The SMILES string of the molecule is CN(C)c1cccc(CCCCOCCCCc2cccc(N(C)C)c2)c1. The molecule has 0 unspecified atom stereocenters. The maximum absolute atomic E-state index is 5.82. The number of benzene rings is 2. The van der Waals surface area contributed by atoms with Gasteiger partial charge in [0.15, 0.2) is 0 Å². The van der Waals surface area contributed by atoms with Crippen LogP contribution in [-0.4, -0.2) is 41.4 Å². The second-order valence-electron chi connectivity index (χ2n) is 7.66. The molecular formula is C24H36N2O. The molecule has 2 rings (SSSR count). The van der Waals surface area contributed by atoms with Crippen LogP contribution in [0.1, 0.15) is 36.8 Å². The zero-order valence-electron chi connectivity index (χ0n) is 17.6. The van der Waals surface area contributed by atoms with Crippen LogP contribution in [0.4, 0.5) is 11.4 Å². The van der Waals surface area contributed by atoms with E-state index in [0.29, 0.717) is 0 Å². The van der Waals surface area contributed by atoms with Crippen LogP contribution < -0.4 is 9.80 Å². The van der Waals surface area contributed by atoms with Gasteiger partial charge in [0.1, 0.15) is 0 Å². The van der Waals surface area contributed by atoms with Crippen LogP contribution >= 0.6 is 0 Å². The highest BCUT2D eigenvalue weighted by Gasteiger charge is 2.00. The number of aryl methyl sites for hydroxylation is 2. The summed E-state index contributed by atoms with van der Waals surface area (Å²) in [6.07, 6.45) is 6.91. The molecule has 0 amide bonds. The highest BCUT2D eigenvalue weighted by atomic mass is 16.5. The van der Waals surface area contributed by atoms with Crippen LogP contribution in [0.3, 0.4) is 0 Å². The third kappa shape index (κ3) is 8.04. The molecule has 27 heavy (non-hydrogen) atoms. The molecule has 0 aliphatic rings. The van der Waals surface area contributed by atoms with Gasteiger partial charge in [0.2, 0.25) is 0 Å². The average molecular weight is 369 g/mol. The summed E-state index contributed by atoms with van der Waals surface area (Å²) in [4.78, 5) is 4.31. The maximum Gasteiger partial charge on any atom is 0.0466 e. The average Bonchev–Trinajstić information content (AvgIpc) is 2.67. The molecule has 0 heterocycles. The van der Waals surface area contributed by atoms with Crippen molar-refractivity contribution in [2.75, 3.05) is 51.2 Å². The molecular weight excluding hydrogens is 332 g/mol. The van der Waals surface area contributed by atoms with Crippen molar-refractivity contribution in [3.8, 4) is 0 Å². The van der Waals surface area contributed by atoms with Crippen LogP contribution in [0.25, 0.3) is 0 Å². The van der Waals surface area contributed by atoms with E-state index < -0.39 is 0 Å². The summed E-state index contributed by atoms with van der Waals surface area (Å²) in [5.41, 5.74) is 5.39. The summed E-state index contributed by atoms with van der Waals surface area (Å²) in [6.45, 7) is 1.76. The molecule has 0 atom stereocenters. The van der Waals surface area contributed by atoms with E-state index >= 15 is 0 Å². The first-order valence-corrected chi connectivity index (χ1v) is 10.2. The van der Waals surface area contributed by atoms with Crippen molar-refractivity contribution >= 4 is 11.4 Å². The van der Waals surface area contributed by atoms with Gasteiger partial charge in [0.05, 0.1) is 0 Å². The fourth-order valence-electron chi connectivity index (χ4n) is 3.15. The molecule has 3 heteroatoms. The third-order valence-corrected chi connectivity index (χ3v) is 4.86. The molecule has 0 aromatic heterocycles. The summed E-state index contributed by atoms with van der Waals surface area (Å²) in [5, 5.41) is 0. The second kappa shape index (κ2) is 11.7. The predicted molar refractivity (Wildman–Crippen MR) is 118 cm³/mol. The summed E-state index contributed by atoms with van der Waals surface area (Å²) in [5.74, 6) is 0. The fourth-order valence-corrected chi connectivity index (χ4v) is 3.15. The van der Waals surface area contributed by atoms with Crippen molar-refractivity contribution in [3.05, 3.63) is 59.7 Å². The van der Waals surface area contributed by atoms with Crippen LogP contribution in [0.2, 0.25) is 0 Å². The Hall–Kier alpha value is -2.00. The summed E-state index contributed by atoms with van der Waals surface area (Å²) in [7, 11) is 8.36. The van der Waals surface area contributed by atoms with E-state index in [1.165, 1.54) is 35.3 Å². The number of nitrogens with zero attached hydrogens (tertiary/aromatic N) is 2. The molecule has 0 fully saturated rings. The normalized spacial score (nSPS) is 10.8. The summed E-state index contributed by atoms with van der Waals surface area (Å²) < 4.78 is 5.82. The fraction of sp³-hybridized carbons (Fsp3) is 0.500. The number of rotatable bonds is 12. The molecule has 0 aliphatic carbocycles. The van der Waals surface area contributed by atoms with E-state index in [9.17, 15) is 0 Å². The van der Waals surface area contributed by atoms with E-state index in [-0.39, 0.29) is 0 Å². The van der Waals surface area contributed by atoms with Crippen molar-refractivity contribution in [1.82, 2.24) is 0 Å². The van der Waals surface area contributed by atoms with Gasteiger partial charge < -0.3 is 14.5 Å². The van der Waals surface area contributed by atoms with Gasteiger partial charge in [-0.3, -0.25) is 0 Å². The zero-order chi connectivity index (χ0) is 19.5. The molecule has 3 nitrogen and oxygen atoms in total. The molecule has 0 bridgehead atoms. The van der Waals surface area contributed by atoms with Gasteiger partial charge in [-0.2, -0.15) is 0 Å². The molecule has 0 spiro atoms. The second-order valence-corrected chi connectivity index (χ2v) is 7.66. The highest BCUT2D eigenvalue weighted by molar-refractivity contribution is 5.47. The lowest BCUT2D eigenvalue weighted by atomic mass is 10.1. The number of anilines is 2. The van der Waals surface area contributed by atoms with Crippen LogP contribution in [0.5, 0.6) is 0 Å². The predicted octanol–water partition coefficient (Wildman–Crippen LogP) is 5.18. The monoisotopic (exact) mass is 368 g/mol. The Labute approximate surface area is 166 Å². The molecule has 2 aromatic carbocycles. The van der Waals surface area contributed by atoms with E-state index in [1.807, 2.05) is 0 Å². The summed E-state index contributed by atoms with van der Waals surface area (Å²) >= 11 is 0. The van der Waals surface area contributed by atoms with Crippen molar-refractivity contribution in [2.24, 2.45) is 0 Å². The smallest absolute Gasteiger partial charge is 0.0466 e. The Morgan fingerprint density at radius 1 is 0.630 bits per heavy atom. The summed E-state index contributed by atoms with van der Waals surface area (Å²) in [6, 6.07) is 17.6. The van der Waals surface area contributed by atoms with Crippen LogP contribution in [0, 0.1) is 0 Å². The lowest BCUT2D eigenvalue weighted by Crippen LogP contribution is -2.08. The topological polar surface area (TPSA) is 15.7 Å². The lowest BCUT2D eigenvalue weighted by molar-refractivity contribution is 0.127. The highest BCUT2D eigenvalue weighted by Crippen LogP contribution is 2.16. The van der Waals surface area contributed by atoms with E-state index in [2.05, 4.69) is 86.5 Å². The van der Waals surface area contributed by atoms with E-state index in [4.69, 9.17) is 4.74 Å². The Kier molecular flexibility index (Phi) is 9.20. The van der Waals surface area contributed by atoms with Crippen molar-refractivity contribution < 1.29 is 4.74 Å². The van der Waals surface area contributed by atoms with Gasteiger partial charge in [0, 0.05) is 52.8 Å². The standard InChI is InChI=1S/C24H36N2O/c1-25(2)23-15-9-13-21(19-23)11-5-7-17-27-18-8-6-12-22-14-10-16-24(20-22)26(3)4/h9-10,13-16,19-20H,5-8,11-12,17-18H2,1-4H3. The van der Waals surface area contributed by atoms with E-state index in [0.717, 1.165) is 38.9 Å². The Morgan fingerprint density at radius 3 is 1.48 bits per heavy atom. The molecule has 0 N–H and O–H groups in total. The lowest BCUT2D eigenvalue weighted by Gasteiger charge is -2.13. The minimum Gasteiger partial charge on any atom is -0.381 e. The van der Waals surface area contributed by atoms with Crippen LogP contribution in [0.15, 0.2) is 48.5 Å².